The lowest BCUT2D eigenvalue weighted by atomic mass is 9.98. The molecule has 2 aromatic rings. The predicted octanol–water partition coefficient (Wildman–Crippen LogP) is 2.37. The smallest absolute Gasteiger partial charge is 0.255 e. The predicted molar refractivity (Wildman–Crippen MR) is 93.0 cm³/mol. The second-order valence-electron chi connectivity index (χ2n) is 7.50. The summed E-state index contributed by atoms with van der Waals surface area (Å²) in [6.07, 6.45) is 8.08. The summed E-state index contributed by atoms with van der Waals surface area (Å²) in [4.78, 5) is 19.3. The fraction of sp³-hybridized carbons (Fsp3) is 0.611. The van der Waals surface area contributed by atoms with Crippen molar-refractivity contribution >= 4 is 16.9 Å². The number of rotatable bonds is 3. The topological polar surface area (TPSA) is 63.1 Å². The molecule has 1 amide bonds. The number of hydrogen-bond donors (Lipinski definition) is 1. The van der Waals surface area contributed by atoms with E-state index in [1.165, 1.54) is 12.8 Å². The van der Waals surface area contributed by atoms with E-state index in [-0.39, 0.29) is 11.9 Å². The van der Waals surface area contributed by atoms with Crippen molar-refractivity contribution in [3.05, 3.63) is 24.0 Å². The third-order valence-corrected chi connectivity index (χ3v) is 5.49. The average molecular weight is 327 g/mol. The van der Waals surface area contributed by atoms with Crippen molar-refractivity contribution in [2.24, 2.45) is 0 Å². The summed E-state index contributed by atoms with van der Waals surface area (Å²) in [7, 11) is 1.93. The molecule has 4 rings (SSSR count). The SMILES string of the molecule is CC(C)n1ncc2cc(C(=O)N(C)C3CC4CCC(C3)N4)cnc21. The Bertz CT molecular complexity index is 756. The van der Waals surface area contributed by atoms with Crippen LogP contribution in [0.5, 0.6) is 0 Å². The largest absolute Gasteiger partial charge is 0.339 e. The van der Waals surface area contributed by atoms with E-state index in [0.717, 1.165) is 23.9 Å². The van der Waals surface area contributed by atoms with Crippen LogP contribution in [0.4, 0.5) is 0 Å². The van der Waals surface area contributed by atoms with Crippen LogP contribution in [-0.4, -0.2) is 50.7 Å². The fourth-order valence-corrected chi connectivity index (χ4v) is 4.15. The van der Waals surface area contributed by atoms with Gasteiger partial charge in [0.15, 0.2) is 5.65 Å². The first-order valence-electron chi connectivity index (χ1n) is 8.89. The molecule has 0 saturated carbocycles. The first-order chi connectivity index (χ1) is 11.5. The Morgan fingerprint density at radius 1 is 1.29 bits per heavy atom. The van der Waals surface area contributed by atoms with Gasteiger partial charge in [-0.2, -0.15) is 5.10 Å². The van der Waals surface area contributed by atoms with Crippen LogP contribution in [-0.2, 0) is 0 Å². The molecule has 1 N–H and O–H groups in total. The molecule has 2 aromatic heterocycles. The number of nitrogens with zero attached hydrogens (tertiary/aromatic N) is 4. The number of piperidine rings is 1. The zero-order chi connectivity index (χ0) is 16.8. The van der Waals surface area contributed by atoms with E-state index in [4.69, 9.17) is 0 Å². The molecule has 4 heterocycles. The minimum Gasteiger partial charge on any atom is -0.339 e. The highest BCUT2D eigenvalue weighted by Crippen LogP contribution is 2.30. The summed E-state index contributed by atoms with van der Waals surface area (Å²) >= 11 is 0. The lowest BCUT2D eigenvalue weighted by molar-refractivity contribution is 0.0681. The number of amides is 1. The number of carbonyl (C=O) groups is 1. The van der Waals surface area contributed by atoms with E-state index in [1.54, 1.807) is 12.4 Å². The zero-order valence-electron chi connectivity index (χ0n) is 14.6. The van der Waals surface area contributed by atoms with E-state index in [1.807, 2.05) is 22.7 Å². The van der Waals surface area contributed by atoms with Gasteiger partial charge in [0.25, 0.3) is 5.91 Å². The van der Waals surface area contributed by atoms with Gasteiger partial charge in [0.1, 0.15) is 0 Å². The summed E-state index contributed by atoms with van der Waals surface area (Å²) in [6.45, 7) is 4.15. The Morgan fingerprint density at radius 3 is 2.67 bits per heavy atom. The molecule has 2 bridgehead atoms. The number of nitrogens with one attached hydrogen (secondary N) is 1. The molecule has 6 heteroatoms. The lowest BCUT2D eigenvalue weighted by Crippen LogP contribution is -2.48. The molecule has 2 aliphatic heterocycles. The Labute approximate surface area is 142 Å². The second kappa shape index (κ2) is 5.84. The van der Waals surface area contributed by atoms with Gasteiger partial charge in [-0.1, -0.05) is 0 Å². The van der Waals surface area contributed by atoms with Gasteiger partial charge in [-0.3, -0.25) is 4.79 Å². The highest BCUT2D eigenvalue weighted by molar-refractivity contribution is 5.96. The first kappa shape index (κ1) is 15.6. The van der Waals surface area contributed by atoms with Crippen molar-refractivity contribution in [1.82, 2.24) is 25.0 Å². The highest BCUT2D eigenvalue weighted by Gasteiger charge is 2.36. The van der Waals surface area contributed by atoms with Gasteiger partial charge < -0.3 is 10.2 Å². The van der Waals surface area contributed by atoms with E-state index >= 15 is 0 Å². The van der Waals surface area contributed by atoms with Crippen molar-refractivity contribution in [3.8, 4) is 0 Å². The molecule has 2 fully saturated rings. The molecule has 0 aliphatic carbocycles. The molecule has 128 valence electrons. The summed E-state index contributed by atoms with van der Waals surface area (Å²) in [5.41, 5.74) is 1.49. The fourth-order valence-electron chi connectivity index (χ4n) is 4.15. The molecule has 24 heavy (non-hydrogen) atoms. The number of carbonyl (C=O) groups excluding carboxylic acids is 1. The van der Waals surface area contributed by atoms with Crippen molar-refractivity contribution in [2.45, 2.75) is 63.7 Å². The van der Waals surface area contributed by atoms with Gasteiger partial charge in [0, 0.05) is 42.8 Å². The molecule has 2 aliphatic rings. The van der Waals surface area contributed by atoms with Gasteiger partial charge in [0.05, 0.1) is 11.8 Å². The van der Waals surface area contributed by atoms with Crippen molar-refractivity contribution < 1.29 is 4.79 Å². The van der Waals surface area contributed by atoms with E-state index < -0.39 is 0 Å². The van der Waals surface area contributed by atoms with Crippen molar-refractivity contribution in [2.75, 3.05) is 7.05 Å². The molecule has 2 atom stereocenters. The summed E-state index contributed by atoms with van der Waals surface area (Å²) in [5.74, 6) is 0.0630. The van der Waals surface area contributed by atoms with E-state index in [9.17, 15) is 4.79 Å². The number of fused-ring (bicyclic) bond motifs is 3. The normalized spacial score (nSPS) is 26.2. The molecule has 6 nitrogen and oxygen atoms in total. The van der Waals surface area contributed by atoms with Crippen LogP contribution in [0.2, 0.25) is 0 Å². The minimum absolute atomic E-state index is 0.0630. The maximum absolute atomic E-state index is 12.9. The standard InChI is InChI=1S/C18H25N5O/c1-11(2)23-17-12(10-20-23)6-13(9-19-17)18(24)22(3)16-7-14-4-5-15(8-16)21-14/h6,9-11,14-16,21H,4-5,7-8H2,1-3H3. The van der Waals surface area contributed by atoms with Crippen LogP contribution in [0.25, 0.3) is 11.0 Å². The first-order valence-corrected chi connectivity index (χ1v) is 8.89. The maximum atomic E-state index is 12.9. The third kappa shape index (κ3) is 2.59. The van der Waals surface area contributed by atoms with Gasteiger partial charge in [-0.15, -0.1) is 0 Å². The molecule has 0 aromatic carbocycles. The molecular weight excluding hydrogens is 302 g/mol. The van der Waals surface area contributed by atoms with Crippen LogP contribution in [0.15, 0.2) is 18.5 Å². The average Bonchev–Trinajstić information content (AvgIpc) is 3.15. The van der Waals surface area contributed by atoms with Crippen molar-refractivity contribution in [1.29, 1.82) is 0 Å². The van der Waals surface area contributed by atoms with E-state index in [2.05, 4.69) is 29.2 Å². The summed E-state index contributed by atoms with van der Waals surface area (Å²) in [5, 5.41) is 8.93. The van der Waals surface area contributed by atoms with Crippen LogP contribution >= 0.6 is 0 Å². The van der Waals surface area contributed by atoms with Crippen LogP contribution in [0.3, 0.4) is 0 Å². The highest BCUT2D eigenvalue weighted by atomic mass is 16.2. The van der Waals surface area contributed by atoms with Gasteiger partial charge >= 0.3 is 0 Å². The molecule has 2 unspecified atom stereocenters. The Morgan fingerprint density at radius 2 is 2.00 bits per heavy atom. The molecular formula is C18H25N5O. The monoisotopic (exact) mass is 327 g/mol. The van der Waals surface area contributed by atoms with Crippen LogP contribution in [0, 0.1) is 0 Å². The quantitative estimate of drug-likeness (QED) is 0.940. The Balaban J connectivity index is 1.56. The van der Waals surface area contributed by atoms with Gasteiger partial charge in [-0.05, 0) is 45.6 Å². The summed E-state index contributed by atoms with van der Waals surface area (Å²) in [6, 6.07) is 3.65. The third-order valence-electron chi connectivity index (χ3n) is 5.49. The number of hydrogen-bond acceptors (Lipinski definition) is 4. The molecule has 2 saturated heterocycles. The second-order valence-corrected chi connectivity index (χ2v) is 7.50. The van der Waals surface area contributed by atoms with Gasteiger partial charge in [-0.25, -0.2) is 9.67 Å². The van der Waals surface area contributed by atoms with Crippen LogP contribution in [0.1, 0.15) is 55.9 Å². The number of aromatic nitrogens is 3. The van der Waals surface area contributed by atoms with Crippen LogP contribution < -0.4 is 5.32 Å². The zero-order valence-corrected chi connectivity index (χ0v) is 14.6. The Hall–Kier alpha value is -1.95. The Kier molecular flexibility index (Phi) is 3.79. The molecule has 0 spiro atoms. The number of pyridine rings is 1. The van der Waals surface area contributed by atoms with Gasteiger partial charge in [0.2, 0.25) is 0 Å². The maximum Gasteiger partial charge on any atom is 0.255 e. The summed E-state index contributed by atoms with van der Waals surface area (Å²) < 4.78 is 1.89. The van der Waals surface area contributed by atoms with Crippen molar-refractivity contribution in [3.63, 3.8) is 0 Å². The minimum atomic E-state index is 0.0630. The lowest BCUT2D eigenvalue weighted by Gasteiger charge is -2.35. The molecule has 0 radical (unpaired) electrons. The van der Waals surface area contributed by atoms with E-state index in [0.29, 0.717) is 23.7 Å².